The summed E-state index contributed by atoms with van der Waals surface area (Å²) >= 11 is 0. The zero-order valence-electron chi connectivity index (χ0n) is 19.6. The normalized spacial score (nSPS) is 26.1. The number of rotatable bonds is 6. The quantitative estimate of drug-likeness (QED) is 0.598. The summed E-state index contributed by atoms with van der Waals surface area (Å²) in [5.41, 5.74) is 2.02. The number of aliphatic hydroxyl groups is 1. The Kier molecular flexibility index (Phi) is 6.11. The zero-order valence-corrected chi connectivity index (χ0v) is 19.6. The van der Waals surface area contributed by atoms with E-state index in [4.69, 9.17) is 9.26 Å². The molecule has 3 saturated heterocycles. The van der Waals surface area contributed by atoms with Crippen LogP contribution in [0.1, 0.15) is 24.8 Å². The minimum atomic E-state index is -0.184. The summed E-state index contributed by atoms with van der Waals surface area (Å²) in [6.45, 7) is 7.35. The second-order valence-corrected chi connectivity index (χ2v) is 10.0. The van der Waals surface area contributed by atoms with E-state index in [2.05, 4.69) is 37.0 Å². The minimum Gasteiger partial charge on any atom is -0.477 e. The molecule has 5 heterocycles. The van der Waals surface area contributed by atoms with Gasteiger partial charge in [0.15, 0.2) is 11.4 Å². The van der Waals surface area contributed by atoms with Crippen molar-refractivity contribution in [2.45, 2.75) is 38.0 Å². The molecule has 0 aliphatic carbocycles. The molecule has 3 aromatic rings. The van der Waals surface area contributed by atoms with E-state index < -0.39 is 0 Å². The van der Waals surface area contributed by atoms with Crippen molar-refractivity contribution in [1.29, 1.82) is 0 Å². The molecule has 0 bridgehead atoms. The van der Waals surface area contributed by atoms with Crippen molar-refractivity contribution in [2.24, 2.45) is 5.92 Å². The Labute approximate surface area is 200 Å². The molecule has 3 aliphatic heterocycles. The lowest BCUT2D eigenvalue weighted by Crippen LogP contribution is -2.57. The Morgan fingerprint density at radius 3 is 2.79 bits per heavy atom. The molecule has 0 saturated carbocycles. The molecule has 0 radical (unpaired) electrons. The second kappa shape index (κ2) is 9.52. The van der Waals surface area contributed by atoms with Crippen LogP contribution in [0.2, 0.25) is 0 Å². The van der Waals surface area contributed by atoms with Crippen LogP contribution in [0, 0.1) is 5.92 Å². The number of pyridine rings is 1. The van der Waals surface area contributed by atoms with Crippen LogP contribution in [0.15, 0.2) is 47.1 Å². The summed E-state index contributed by atoms with van der Waals surface area (Å²) in [6.07, 6.45) is 4.93. The van der Waals surface area contributed by atoms with Gasteiger partial charge in [0, 0.05) is 70.0 Å². The largest absolute Gasteiger partial charge is 0.477 e. The fourth-order valence-electron chi connectivity index (χ4n) is 5.69. The van der Waals surface area contributed by atoms with Crippen LogP contribution < -0.4 is 9.64 Å². The number of aromatic nitrogens is 2. The van der Waals surface area contributed by atoms with Gasteiger partial charge in [-0.25, -0.2) is 4.98 Å². The maximum absolute atomic E-state index is 9.69. The molecule has 0 unspecified atom stereocenters. The molecule has 8 heteroatoms. The number of nitrogens with zero attached hydrogens (tertiary/aromatic N) is 5. The van der Waals surface area contributed by atoms with Crippen molar-refractivity contribution >= 4 is 16.8 Å². The number of β-amino-alcohol motifs (C(OH)–C–C–N with tert-alkyl or cyclic N) is 1. The summed E-state index contributed by atoms with van der Waals surface area (Å²) in [6, 6.07) is 12.7. The predicted octanol–water partition coefficient (Wildman–Crippen LogP) is 2.77. The van der Waals surface area contributed by atoms with Crippen molar-refractivity contribution < 1.29 is 14.4 Å². The molecule has 34 heavy (non-hydrogen) atoms. The fraction of sp³-hybridized carbons (Fsp3) is 0.538. The van der Waals surface area contributed by atoms with E-state index in [0.717, 1.165) is 69.0 Å². The van der Waals surface area contributed by atoms with Gasteiger partial charge in [-0.2, -0.15) is 0 Å². The number of ether oxygens (including phenoxy) is 1. The topological polar surface area (TPSA) is 78.1 Å². The zero-order chi connectivity index (χ0) is 22.9. The van der Waals surface area contributed by atoms with Gasteiger partial charge in [-0.1, -0.05) is 23.4 Å². The van der Waals surface area contributed by atoms with Gasteiger partial charge in [-0.3, -0.25) is 9.80 Å². The Hall–Kier alpha value is -2.68. The van der Waals surface area contributed by atoms with Crippen molar-refractivity contribution in [3.05, 3.63) is 48.2 Å². The molecular weight excluding hydrogens is 430 g/mol. The van der Waals surface area contributed by atoms with Gasteiger partial charge < -0.3 is 19.3 Å². The summed E-state index contributed by atoms with van der Waals surface area (Å²) in [4.78, 5) is 11.8. The lowest BCUT2D eigenvalue weighted by Gasteiger charge is -2.46. The first kappa shape index (κ1) is 21.8. The Morgan fingerprint density at radius 2 is 1.94 bits per heavy atom. The van der Waals surface area contributed by atoms with Crippen LogP contribution in [-0.4, -0.2) is 83.1 Å². The average molecular weight is 464 g/mol. The highest BCUT2D eigenvalue weighted by atomic mass is 16.5. The molecule has 1 N–H and O–H groups in total. The molecular formula is C26H33N5O3. The monoisotopic (exact) mass is 463 g/mol. The SMILES string of the molecule is O[C@@H]1CCN(Cc2ccc(OC[C@@H]3CC[C@H]4CN(c5noc6ccccc56)CCN4C3)nc2)C1. The van der Waals surface area contributed by atoms with Crippen LogP contribution in [0.25, 0.3) is 11.0 Å². The number of likely N-dealkylation sites (tertiary alicyclic amines) is 1. The van der Waals surface area contributed by atoms with Crippen LogP contribution in [0.5, 0.6) is 5.88 Å². The number of hydrogen-bond acceptors (Lipinski definition) is 8. The van der Waals surface area contributed by atoms with E-state index in [1.54, 1.807) is 0 Å². The molecule has 180 valence electrons. The maximum Gasteiger partial charge on any atom is 0.213 e. The maximum atomic E-state index is 9.69. The Bertz CT molecular complexity index is 1100. The number of piperidine rings is 1. The van der Waals surface area contributed by atoms with E-state index in [-0.39, 0.29) is 6.10 Å². The molecule has 3 fully saturated rings. The lowest BCUT2D eigenvalue weighted by molar-refractivity contribution is 0.0716. The van der Waals surface area contributed by atoms with Gasteiger partial charge in [-0.15, -0.1) is 0 Å². The number of fused-ring (bicyclic) bond motifs is 2. The van der Waals surface area contributed by atoms with E-state index in [1.807, 2.05) is 30.5 Å². The summed E-state index contributed by atoms with van der Waals surface area (Å²) in [5.74, 6) is 2.22. The molecule has 0 spiro atoms. The van der Waals surface area contributed by atoms with Crippen molar-refractivity contribution in [3.63, 3.8) is 0 Å². The highest BCUT2D eigenvalue weighted by molar-refractivity contribution is 5.88. The molecule has 3 atom stereocenters. The number of piperazine rings is 1. The molecule has 8 nitrogen and oxygen atoms in total. The first-order chi connectivity index (χ1) is 16.7. The number of para-hydroxylation sites is 1. The van der Waals surface area contributed by atoms with Gasteiger partial charge >= 0.3 is 0 Å². The predicted molar refractivity (Wildman–Crippen MR) is 130 cm³/mol. The van der Waals surface area contributed by atoms with Crippen LogP contribution in [-0.2, 0) is 6.54 Å². The number of aliphatic hydroxyl groups excluding tert-OH is 1. The summed E-state index contributed by atoms with van der Waals surface area (Å²) < 4.78 is 11.6. The third-order valence-electron chi connectivity index (χ3n) is 7.58. The second-order valence-electron chi connectivity index (χ2n) is 10.0. The Balaban J connectivity index is 0.988. The van der Waals surface area contributed by atoms with Crippen LogP contribution in [0.4, 0.5) is 5.82 Å². The van der Waals surface area contributed by atoms with E-state index in [1.165, 1.54) is 18.4 Å². The molecule has 6 rings (SSSR count). The Morgan fingerprint density at radius 1 is 1.00 bits per heavy atom. The fourth-order valence-corrected chi connectivity index (χ4v) is 5.69. The standard InChI is InChI=1S/C26H33N5O3/c32-22-9-10-29(17-22)14-19-6-8-25(27-13-19)33-18-20-5-7-21-16-31(12-11-30(21)15-20)26-23-3-1-2-4-24(23)34-28-26/h1-4,6,8,13,20-22,32H,5,7,9-12,14-18H2/t20-,21+,22-/m1/s1. The third-order valence-corrected chi connectivity index (χ3v) is 7.58. The van der Waals surface area contributed by atoms with Crippen molar-refractivity contribution in [3.8, 4) is 5.88 Å². The molecule has 0 amide bonds. The minimum absolute atomic E-state index is 0.184. The third kappa shape index (κ3) is 4.62. The smallest absolute Gasteiger partial charge is 0.213 e. The first-order valence-electron chi connectivity index (χ1n) is 12.5. The highest BCUT2D eigenvalue weighted by Gasteiger charge is 2.34. The van der Waals surface area contributed by atoms with E-state index in [9.17, 15) is 5.11 Å². The highest BCUT2D eigenvalue weighted by Crippen LogP contribution is 2.31. The van der Waals surface area contributed by atoms with Crippen molar-refractivity contribution in [1.82, 2.24) is 19.9 Å². The average Bonchev–Trinajstić information content (AvgIpc) is 3.49. The van der Waals surface area contributed by atoms with Gasteiger partial charge in [0.1, 0.15) is 0 Å². The van der Waals surface area contributed by atoms with E-state index in [0.29, 0.717) is 24.4 Å². The number of benzene rings is 1. The van der Waals surface area contributed by atoms with Crippen LogP contribution in [0.3, 0.4) is 0 Å². The van der Waals surface area contributed by atoms with Crippen molar-refractivity contribution in [2.75, 3.05) is 50.8 Å². The van der Waals surface area contributed by atoms with Gasteiger partial charge in [0.25, 0.3) is 0 Å². The van der Waals surface area contributed by atoms with Gasteiger partial charge in [0.05, 0.1) is 18.1 Å². The van der Waals surface area contributed by atoms with Gasteiger partial charge in [0.2, 0.25) is 5.88 Å². The summed E-state index contributed by atoms with van der Waals surface area (Å²) in [5, 5.41) is 15.2. The van der Waals surface area contributed by atoms with E-state index >= 15 is 0 Å². The number of hydrogen-bond donors (Lipinski definition) is 1. The molecule has 2 aromatic heterocycles. The van der Waals surface area contributed by atoms with Crippen LogP contribution >= 0.6 is 0 Å². The molecule has 3 aliphatic rings. The number of anilines is 1. The van der Waals surface area contributed by atoms with Gasteiger partial charge in [-0.05, 0) is 37.0 Å². The lowest BCUT2D eigenvalue weighted by atomic mass is 9.91. The summed E-state index contributed by atoms with van der Waals surface area (Å²) in [7, 11) is 0. The first-order valence-corrected chi connectivity index (χ1v) is 12.5. The molecule has 1 aromatic carbocycles.